The number of hydrogen-bond donors (Lipinski definition) is 1. The van der Waals surface area contributed by atoms with Gasteiger partial charge in [-0.2, -0.15) is 5.10 Å². The Bertz CT molecular complexity index is 1120. The molecule has 0 aliphatic rings. The molecule has 1 N–H and O–H groups in total. The molecule has 2 aromatic carbocycles. The zero-order chi connectivity index (χ0) is 19.5. The highest BCUT2D eigenvalue weighted by atomic mass is 19.1. The fourth-order valence-electron chi connectivity index (χ4n) is 2.74. The van der Waals surface area contributed by atoms with Crippen molar-refractivity contribution in [1.29, 1.82) is 0 Å². The summed E-state index contributed by atoms with van der Waals surface area (Å²) in [4.78, 5) is 16.7. The number of aromatic nitrogens is 3. The third-order valence-corrected chi connectivity index (χ3v) is 4.09. The summed E-state index contributed by atoms with van der Waals surface area (Å²) in [7, 11) is 0. The Morgan fingerprint density at radius 1 is 0.964 bits per heavy atom. The SMILES string of the molecule is O=C(Nc1ccccc1F)c1cc(-c2cccnc2)n(-c2ccc(F)cc2)n1. The average molecular weight is 376 g/mol. The molecular formula is C21H14F2N4O. The van der Waals surface area contributed by atoms with E-state index < -0.39 is 11.7 Å². The van der Waals surface area contributed by atoms with Crippen LogP contribution < -0.4 is 5.32 Å². The smallest absolute Gasteiger partial charge is 0.276 e. The van der Waals surface area contributed by atoms with E-state index in [1.165, 1.54) is 35.0 Å². The van der Waals surface area contributed by atoms with Gasteiger partial charge >= 0.3 is 0 Å². The summed E-state index contributed by atoms with van der Waals surface area (Å²) in [5, 5.41) is 6.86. The molecule has 138 valence electrons. The van der Waals surface area contributed by atoms with Crippen LogP contribution in [0.1, 0.15) is 10.5 Å². The van der Waals surface area contributed by atoms with E-state index in [0.717, 1.165) is 5.56 Å². The number of carbonyl (C=O) groups is 1. The van der Waals surface area contributed by atoms with Crippen LogP contribution in [0.25, 0.3) is 16.9 Å². The second kappa shape index (κ2) is 7.40. The van der Waals surface area contributed by atoms with Gasteiger partial charge in [0.25, 0.3) is 5.91 Å². The van der Waals surface area contributed by atoms with Gasteiger partial charge in [-0.25, -0.2) is 13.5 Å². The number of para-hydroxylation sites is 1. The molecule has 0 bridgehead atoms. The Morgan fingerprint density at radius 3 is 2.46 bits per heavy atom. The zero-order valence-corrected chi connectivity index (χ0v) is 14.5. The molecule has 2 aromatic heterocycles. The predicted molar refractivity (Wildman–Crippen MR) is 101 cm³/mol. The van der Waals surface area contributed by atoms with Gasteiger partial charge < -0.3 is 5.32 Å². The van der Waals surface area contributed by atoms with E-state index in [4.69, 9.17) is 0 Å². The van der Waals surface area contributed by atoms with Gasteiger partial charge in [0.15, 0.2) is 5.69 Å². The Balaban J connectivity index is 1.76. The number of nitrogens with one attached hydrogen (secondary N) is 1. The molecule has 0 aliphatic heterocycles. The lowest BCUT2D eigenvalue weighted by Crippen LogP contribution is -2.14. The molecule has 5 nitrogen and oxygen atoms in total. The van der Waals surface area contributed by atoms with Crippen LogP contribution in [0.15, 0.2) is 79.1 Å². The van der Waals surface area contributed by atoms with Crippen molar-refractivity contribution >= 4 is 11.6 Å². The average Bonchev–Trinajstić information content (AvgIpc) is 3.16. The van der Waals surface area contributed by atoms with E-state index in [9.17, 15) is 13.6 Å². The Labute approximate surface area is 159 Å². The molecule has 0 unspecified atom stereocenters. The standard InChI is InChI=1S/C21H14F2N4O/c22-15-7-9-16(10-8-15)27-20(14-4-3-11-24-13-14)12-19(26-27)21(28)25-18-6-2-1-5-17(18)23/h1-13H,(H,25,28). The monoisotopic (exact) mass is 376 g/mol. The van der Waals surface area contributed by atoms with Crippen molar-refractivity contribution in [1.82, 2.24) is 14.8 Å². The molecule has 1 amide bonds. The van der Waals surface area contributed by atoms with Crippen molar-refractivity contribution in [2.45, 2.75) is 0 Å². The molecule has 0 saturated heterocycles. The summed E-state index contributed by atoms with van der Waals surface area (Å²) in [5.74, 6) is -1.48. The van der Waals surface area contributed by atoms with Crippen LogP contribution in [0.5, 0.6) is 0 Å². The first-order valence-corrected chi connectivity index (χ1v) is 8.44. The van der Waals surface area contributed by atoms with Gasteiger partial charge in [-0.1, -0.05) is 12.1 Å². The first kappa shape index (κ1) is 17.5. The predicted octanol–water partition coefficient (Wildman–Crippen LogP) is 4.46. The summed E-state index contributed by atoms with van der Waals surface area (Å²) in [6.07, 6.45) is 3.27. The molecule has 0 saturated carbocycles. The van der Waals surface area contributed by atoms with E-state index in [2.05, 4.69) is 15.4 Å². The van der Waals surface area contributed by atoms with Gasteiger partial charge in [0.05, 0.1) is 17.1 Å². The molecule has 28 heavy (non-hydrogen) atoms. The summed E-state index contributed by atoms with van der Waals surface area (Å²) in [6, 6.07) is 16.8. The summed E-state index contributed by atoms with van der Waals surface area (Å²) >= 11 is 0. The van der Waals surface area contributed by atoms with E-state index in [1.807, 2.05) is 6.07 Å². The first-order valence-electron chi connectivity index (χ1n) is 8.44. The van der Waals surface area contributed by atoms with Crippen molar-refractivity contribution in [3.05, 3.63) is 96.5 Å². The highest BCUT2D eigenvalue weighted by Crippen LogP contribution is 2.24. The maximum atomic E-state index is 13.8. The van der Waals surface area contributed by atoms with Gasteiger partial charge in [0.1, 0.15) is 11.6 Å². The second-order valence-corrected chi connectivity index (χ2v) is 5.98. The van der Waals surface area contributed by atoms with Crippen LogP contribution in [0.4, 0.5) is 14.5 Å². The van der Waals surface area contributed by atoms with Crippen molar-refractivity contribution in [3.8, 4) is 16.9 Å². The fourth-order valence-corrected chi connectivity index (χ4v) is 2.74. The number of carbonyl (C=O) groups excluding carboxylic acids is 1. The molecule has 4 aromatic rings. The number of halogens is 2. The van der Waals surface area contributed by atoms with Crippen LogP contribution >= 0.6 is 0 Å². The third-order valence-electron chi connectivity index (χ3n) is 4.09. The highest BCUT2D eigenvalue weighted by molar-refractivity contribution is 6.03. The molecule has 2 heterocycles. The normalized spacial score (nSPS) is 10.6. The molecule has 0 fully saturated rings. The first-order chi connectivity index (χ1) is 13.6. The molecular weight excluding hydrogens is 362 g/mol. The van der Waals surface area contributed by atoms with Gasteiger partial charge in [-0.05, 0) is 54.6 Å². The van der Waals surface area contributed by atoms with E-state index in [1.54, 1.807) is 42.7 Å². The molecule has 0 aliphatic carbocycles. The highest BCUT2D eigenvalue weighted by Gasteiger charge is 2.18. The minimum absolute atomic E-state index is 0.0618. The van der Waals surface area contributed by atoms with E-state index >= 15 is 0 Å². The molecule has 0 atom stereocenters. The fraction of sp³-hybridized carbons (Fsp3) is 0. The van der Waals surface area contributed by atoms with Crippen LogP contribution in [0.3, 0.4) is 0 Å². The lowest BCUT2D eigenvalue weighted by atomic mass is 10.2. The number of hydrogen-bond acceptors (Lipinski definition) is 3. The summed E-state index contributed by atoms with van der Waals surface area (Å²) in [6.45, 7) is 0. The zero-order valence-electron chi connectivity index (χ0n) is 14.5. The maximum absolute atomic E-state index is 13.8. The Kier molecular flexibility index (Phi) is 4.63. The van der Waals surface area contributed by atoms with E-state index in [0.29, 0.717) is 11.4 Å². The lowest BCUT2D eigenvalue weighted by molar-refractivity contribution is 0.102. The van der Waals surface area contributed by atoms with Crippen molar-refractivity contribution in [2.24, 2.45) is 0 Å². The van der Waals surface area contributed by atoms with Gasteiger partial charge in [-0.15, -0.1) is 0 Å². The second-order valence-electron chi connectivity index (χ2n) is 5.98. The van der Waals surface area contributed by atoms with Gasteiger partial charge in [-0.3, -0.25) is 9.78 Å². The van der Waals surface area contributed by atoms with Crippen LogP contribution in [0.2, 0.25) is 0 Å². The minimum Gasteiger partial charge on any atom is -0.318 e. The number of amides is 1. The summed E-state index contributed by atoms with van der Waals surface area (Å²) in [5.41, 5.74) is 2.05. The topological polar surface area (TPSA) is 59.8 Å². The number of benzene rings is 2. The number of anilines is 1. The largest absolute Gasteiger partial charge is 0.318 e. The Hall–Kier alpha value is -3.87. The number of pyridine rings is 1. The van der Waals surface area contributed by atoms with Crippen molar-refractivity contribution < 1.29 is 13.6 Å². The Morgan fingerprint density at radius 2 is 1.75 bits per heavy atom. The molecule has 0 radical (unpaired) electrons. The molecule has 7 heteroatoms. The quantitative estimate of drug-likeness (QED) is 0.572. The molecule has 0 spiro atoms. The van der Waals surface area contributed by atoms with E-state index in [-0.39, 0.29) is 17.2 Å². The molecule has 4 rings (SSSR count). The van der Waals surface area contributed by atoms with Crippen LogP contribution in [-0.4, -0.2) is 20.7 Å². The minimum atomic E-state index is -0.559. The van der Waals surface area contributed by atoms with Crippen LogP contribution in [0, 0.1) is 11.6 Å². The lowest BCUT2D eigenvalue weighted by Gasteiger charge is -2.07. The number of nitrogens with zero attached hydrogens (tertiary/aromatic N) is 3. The van der Waals surface area contributed by atoms with Crippen molar-refractivity contribution in [3.63, 3.8) is 0 Å². The van der Waals surface area contributed by atoms with Gasteiger partial charge in [0, 0.05) is 18.0 Å². The maximum Gasteiger partial charge on any atom is 0.276 e. The van der Waals surface area contributed by atoms with Gasteiger partial charge in [0.2, 0.25) is 0 Å². The van der Waals surface area contributed by atoms with Crippen molar-refractivity contribution in [2.75, 3.05) is 5.32 Å². The number of rotatable bonds is 4. The van der Waals surface area contributed by atoms with Crippen LogP contribution in [-0.2, 0) is 0 Å². The third kappa shape index (κ3) is 3.50. The summed E-state index contributed by atoms with van der Waals surface area (Å²) < 4.78 is 28.7.